The molecule has 0 spiro atoms. The Kier molecular flexibility index (Phi) is 4.24. The van der Waals surface area contributed by atoms with Crippen molar-refractivity contribution in [2.45, 2.75) is 24.8 Å². The molecular formula is C19H23N5O2. The summed E-state index contributed by atoms with van der Waals surface area (Å²) in [5, 5.41) is 0. The third-order valence-electron chi connectivity index (χ3n) is 5.26. The van der Waals surface area contributed by atoms with Crippen LogP contribution in [-0.4, -0.2) is 51.9 Å². The van der Waals surface area contributed by atoms with E-state index in [2.05, 4.69) is 4.98 Å². The number of anilines is 1. The molecule has 2 N–H and O–H groups in total. The summed E-state index contributed by atoms with van der Waals surface area (Å²) in [6.45, 7) is 1.84. The number of nitrogens with two attached hydrogens (primary N) is 1. The van der Waals surface area contributed by atoms with E-state index in [-0.39, 0.29) is 23.8 Å². The maximum absolute atomic E-state index is 12.8. The van der Waals surface area contributed by atoms with Crippen molar-refractivity contribution in [3.63, 3.8) is 0 Å². The second kappa shape index (κ2) is 6.57. The van der Waals surface area contributed by atoms with Crippen LogP contribution in [0.15, 0.2) is 36.8 Å². The fourth-order valence-corrected chi connectivity index (χ4v) is 3.82. The molecule has 0 unspecified atom stereocenters. The number of amides is 2. The van der Waals surface area contributed by atoms with Crippen LogP contribution < -0.4 is 10.6 Å². The number of carbonyl (C=O) groups is 2. The van der Waals surface area contributed by atoms with Crippen molar-refractivity contribution in [1.82, 2.24) is 14.5 Å². The van der Waals surface area contributed by atoms with Gasteiger partial charge < -0.3 is 20.1 Å². The van der Waals surface area contributed by atoms with E-state index in [4.69, 9.17) is 5.73 Å². The van der Waals surface area contributed by atoms with Crippen LogP contribution in [0, 0.1) is 0 Å². The highest BCUT2D eigenvalue weighted by atomic mass is 16.2. The van der Waals surface area contributed by atoms with Gasteiger partial charge in [0.05, 0.1) is 12.0 Å². The third-order valence-corrected chi connectivity index (χ3v) is 5.26. The maximum atomic E-state index is 12.8. The van der Waals surface area contributed by atoms with Crippen molar-refractivity contribution in [3.8, 4) is 0 Å². The SMILES string of the molecule is Cn1cnc([C@@H]2CN(C(=O)c3ccc(N4CCCC4=O)cc3)C[C@H]2N)c1. The zero-order valence-corrected chi connectivity index (χ0v) is 14.8. The first kappa shape index (κ1) is 16.8. The lowest BCUT2D eigenvalue weighted by Gasteiger charge is -2.18. The van der Waals surface area contributed by atoms with E-state index in [1.54, 1.807) is 28.3 Å². The Balaban J connectivity index is 1.47. The Labute approximate surface area is 152 Å². The quantitative estimate of drug-likeness (QED) is 0.896. The van der Waals surface area contributed by atoms with Gasteiger partial charge in [-0.25, -0.2) is 4.98 Å². The smallest absolute Gasteiger partial charge is 0.253 e. The monoisotopic (exact) mass is 353 g/mol. The molecule has 7 heteroatoms. The van der Waals surface area contributed by atoms with Crippen molar-refractivity contribution >= 4 is 17.5 Å². The number of carbonyl (C=O) groups excluding carboxylic acids is 2. The van der Waals surface area contributed by atoms with E-state index in [1.807, 2.05) is 29.9 Å². The molecule has 136 valence electrons. The zero-order chi connectivity index (χ0) is 18.3. The molecule has 7 nitrogen and oxygen atoms in total. The molecule has 0 bridgehead atoms. The average Bonchev–Trinajstić information content (AvgIpc) is 3.34. The van der Waals surface area contributed by atoms with Crippen LogP contribution in [0.3, 0.4) is 0 Å². The van der Waals surface area contributed by atoms with Gasteiger partial charge in [-0.1, -0.05) is 0 Å². The summed E-state index contributed by atoms with van der Waals surface area (Å²) >= 11 is 0. The number of hydrogen-bond acceptors (Lipinski definition) is 4. The molecule has 2 aliphatic rings. The fourth-order valence-electron chi connectivity index (χ4n) is 3.82. The minimum Gasteiger partial charge on any atom is -0.340 e. The van der Waals surface area contributed by atoms with Gasteiger partial charge in [-0.3, -0.25) is 9.59 Å². The lowest BCUT2D eigenvalue weighted by molar-refractivity contribution is -0.117. The highest BCUT2D eigenvalue weighted by Crippen LogP contribution is 2.27. The number of imidazole rings is 1. The Morgan fingerprint density at radius 1 is 1.23 bits per heavy atom. The Morgan fingerprint density at radius 3 is 2.62 bits per heavy atom. The number of nitrogens with zero attached hydrogens (tertiary/aromatic N) is 4. The Hall–Kier alpha value is -2.67. The van der Waals surface area contributed by atoms with Gasteiger partial charge in [-0.15, -0.1) is 0 Å². The van der Waals surface area contributed by atoms with Gasteiger partial charge >= 0.3 is 0 Å². The second-order valence-electron chi connectivity index (χ2n) is 7.14. The molecule has 3 heterocycles. The lowest BCUT2D eigenvalue weighted by atomic mass is 10.0. The van der Waals surface area contributed by atoms with Crippen LogP contribution in [0.25, 0.3) is 0 Å². The predicted octanol–water partition coefficient (Wildman–Crippen LogP) is 1.11. The molecule has 4 rings (SSSR count). The number of rotatable bonds is 3. The number of likely N-dealkylation sites (tertiary alicyclic amines) is 1. The van der Waals surface area contributed by atoms with E-state index in [1.165, 1.54) is 0 Å². The van der Waals surface area contributed by atoms with E-state index in [9.17, 15) is 9.59 Å². The van der Waals surface area contributed by atoms with Crippen LogP contribution in [0.5, 0.6) is 0 Å². The number of benzene rings is 1. The van der Waals surface area contributed by atoms with E-state index in [0.717, 1.165) is 24.3 Å². The largest absolute Gasteiger partial charge is 0.340 e. The normalized spacial score (nSPS) is 23.1. The highest BCUT2D eigenvalue weighted by Gasteiger charge is 2.35. The first-order chi connectivity index (χ1) is 12.5. The molecule has 0 aliphatic carbocycles. The summed E-state index contributed by atoms with van der Waals surface area (Å²) in [6, 6.07) is 7.17. The van der Waals surface area contributed by atoms with Crippen LogP contribution >= 0.6 is 0 Å². The third kappa shape index (κ3) is 2.99. The first-order valence-electron chi connectivity index (χ1n) is 8.96. The molecule has 2 fully saturated rings. The molecule has 0 radical (unpaired) electrons. The number of hydrogen-bond donors (Lipinski definition) is 1. The first-order valence-corrected chi connectivity index (χ1v) is 8.96. The average molecular weight is 353 g/mol. The molecular weight excluding hydrogens is 330 g/mol. The van der Waals surface area contributed by atoms with E-state index < -0.39 is 0 Å². The zero-order valence-electron chi connectivity index (χ0n) is 14.8. The van der Waals surface area contributed by atoms with Crippen LogP contribution in [-0.2, 0) is 11.8 Å². The molecule has 2 aromatic rings. The van der Waals surface area contributed by atoms with Gasteiger partial charge in [0.15, 0.2) is 0 Å². The molecule has 2 atom stereocenters. The lowest BCUT2D eigenvalue weighted by Crippen LogP contribution is -2.32. The van der Waals surface area contributed by atoms with E-state index >= 15 is 0 Å². The van der Waals surface area contributed by atoms with Gasteiger partial charge in [0.2, 0.25) is 5.91 Å². The molecule has 1 aromatic carbocycles. The predicted molar refractivity (Wildman–Crippen MR) is 97.9 cm³/mol. The van der Waals surface area contributed by atoms with Crippen molar-refractivity contribution in [2.75, 3.05) is 24.5 Å². The van der Waals surface area contributed by atoms with Crippen molar-refractivity contribution in [2.24, 2.45) is 12.8 Å². The maximum Gasteiger partial charge on any atom is 0.253 e. The minimum absolute atomic E-state index is 0.0295. The topological polar surface area (TPSA) is 84.5 Å². The molecule has 0 saturated carbocycles. The van der Waals surface area contributed by atoms with Crippen LogP contribution in [0.2, 0.25) is 0 Å². The highest BCUT2D eigenvalue weighted by molar-refractivity contribution is 5.97. The number of aromatic nitrogens is 2. The molecule has 2 aliphatic heterocycles. The Bertz CT molecular complexity index is 829. The summed E-state index contributed by atoms with van der Waals surface area (Å²) < 4.78 is 1.89. The van der Waals surface area contributed by atoms with E-state index in [0.29, 0.717) is 25.1 Å². The summed E-state index contributed by atoms with van der Waals surface area (Å²) in [5.41, 5.74) is 8.67. The summed E-state index contributed by atoms with van der Waals surface area (Å²) in [5.74, 6) is 0.174. The molecule has 2 amide bonds. The van der Waals surface area contributed by atoms with Gasteiger partial charge in [0.25, 0.3) is 5.91 Å². The molecule has 26 heavy (non-hydrogen) atoms. The molecule has 1 aromatic heterocycles. The van der Waals surface area contributed by atoms with Crippen LogP contribution in [0.4, 0.5) is 5.69 Å². The molecule has 2 saturated heterocycles. The van der Waals surface area contributed by atoms with Crippen molar-refractivity contribution in [3.05, 3.63) is 48.0 Å². The van der Waals surface area contributed by atoms with Gasteiger partial charge in [0, 0.05) is 62.5 Å². The van der Waals surface area contributed by atoms with Gasteiger partial charge in [-0.05, 0) is 30.7 Å². The Morgan fingerprint density at radius 2 is 2.00 bits per heavy atom. The van der Waals surface area contributed by atoms with Gasteiger partial charge in [-0.2, -0.15) is 0 Å². The van der Waals surface area contributed by atoms with Gasteiger partial charge in [0.1, 0.15) is 0 Å². The summed E-state index contributed by atoms with van der Waals surface area (Å²) in [4.78, 5) is 32.6. The van der Waals surface area contributed by atoms with Crippen molar-refractivity contribution < 1.29 is 9.59 Å². The minimum atomic E-state index is -0.115. The fraction of sp³-hybridized carbons (Fsp3) is 0.421. The summed E-state index contributed by atoms with van der Waals surface area (Å²) in [6.07, 6.45) is 5.20. The standard InChI is InChI=1S/C19H23N5O2/c1-22-11-17(21-12-22)15-9-23(10-16(15)20)19(26)13-4-6-14(7-5-13)24-8-2-3-18(24)25/h4-7,11-12,15-16H,2-3,8-10,20H2,1H3/t15-,16-/m1/s1. The van der Waals surface area contributed by atoms with Crippen LogP contribution in [0.1, 0.15) is 34.8 Å². The summed E-state index contributed by atoms with van der Waals surface area (Å²) in [7, 11) is 1.92. The second-order valence-corrected chi connectivity index (χ2v) is 7.14. The number of aryl methyl sites for hydroxylation is 1. The van der Waals surface area contributed by atoms with Crippen molar-refractivity contribution in [1.29, 1.82) is 0 Å².